The van der Waals surface area contributed by atoms with Crippen LogP contribution in [0, 0.1) is 6.92 Å². The van der Waals surface area contributed by atoms with Gasteiger partial charge in [0.05, 0.1) is 0 Å². The van der Waals surface area contributed by atoms with E-state index in [0.717, 1.165) is 0 Å². The van der Waals surface area contributed by atoms with Gasteiger partial charge >= 0.3 is 6.61 Å². The lowest BCUT2D eigenvalue weighted by Gasteiger charge is -2.07. The van der Waals surface area contributed by atoms with Crippen LogP contribution in [-0.4, -0.2) is 6.61 Å². The molecule has 12 heavy (non-hydrogen) atoms. The van der Waals surface area contributed by atoms with Crippen molar-refractivity contribution in [1.82, 2.24) is 0 Å². The number of hydrogen-bond donors (Lipinski definition) is 1. The first kappa shape index (κ1) is 9.32. The lowest BCUT2D eigenvalue weighted by molar-refractivity contribution is -0.0504. The third kappa shape index (κ3) is 2.37. The molecule has 66 valence electrons. The SMILES string of the molecule is Cc1ccc(S)cc1OC(F)F. The van der Waals surface area contributed by atoms with Gasteiger partial charge in [-0.25, -0.2) is 0 Å². The summed E-state index contributed by atoms with van der Waals surface area (Å²) in [7, 11) is 0. The van der Waals surface area contributed by atoms with Crippen molar-refractivity contribution in [2.45, 2.75) is 18.4 Å². The topological polar surface area (TPSA) is 9.23 Å². The number of rotatable bonds is 2. The summed E-state index contributed by atoms with van der Waals surface area (Å²) in [6.45, 7) is -1.08. The number of alkyl halides is 2. The molecule has 0 aromatic heterocycles. The van der Waals surface area contributed by atoms with E-state index in [1.54, 1.807) is 19.1 Å². The summed E-state index contributed by atoms with van der Waals surface area (Å²) in [5.74, 6) is 0.178. The average molecular weight is 190 g/mol. The second kappa shape index (κ2) is 3.76. The molecule has 0 fully saturated rings. The van der Waals surface area contributed by atoms with E-state index in [-0.39, 0.29) is 5.75 Å². The van der Waals surface area contributed by atoms with Gasteiger partial charge in [0, 0.05) is 4.90 Å². The Kier molecular flexibility index (Phi) is 2.92. The maximum atomic E-state index is 11.8. The highest BCUT2D eigenvalue weighted by Gasteiger charge is 2.06. The lowest BCUT2D eigenvalue weighted by Crippen LogP contribution is -2.03. The Bertz CT molecular complexity index is 276. The minimum absolute atomic E-state index is 0.178. The molecule has 0 aliphatic heterocycles. The van der Waals surface area contributed by atoms with Crippen molar-refractivity contribution in [2.24, 2.45) is 0 Å². The van der Waals surface area contributed by atoms with E-state index in [4.69, 9.17) is 0 Å². The summed E-state index contributed by atoms with van der Waals surface area (Å²) in [6, 6.07) is 4.86. The first-order chi connectivity index (χ1) is 5.59. The Morgan fingerprint density at radius 3 is 2.67 bits per heavy atom. The van der Waals surface area contributed by atoms with Crippen LogP contribution in [0.15, 0.2) is 23.1 Å². The molecule has 1 rings (SSSR count). The van der Waals surface area contributed by atoms with Crippen molar-refractivity contribution in [3.8, 4) is 5.75 Å². The second-order valence-corrected chi connectivity index (χ2v) is 2.84. The van der Waals surface area contributed by atoms with E-state index in [2.05, 4.69) is 17.4 Å². The van der Waals surface area contributed by atoms with Crippen LogP contribution in [-0.2, 0) is 0 Å². The minimum Gasteiger partial charge on any atom is -0.435 e. The first-order valence-electron chi connectivity index (χ1n) is 3.34. The van der Waals surface area contributed by atoms with Crippen LogP contribution in [0.1, 0.15) is 5.56 Å². The maximum absolute atomic E-state index is 11.8. The van der Waals surface area contributed by atoms with E-state index >= 15 is 0 Å². The van der Waals surface area contributed by atoms with Gasteiger partial charge in [-0.3, -0.25) is 0 Å². The molecule has 1 nitrogen and oxygen atoms in total. The average Bonchev–Trinajstić information content (AvgIpc) is 1.96. The van der Waals surface area contributed by atoms with Crippen LogP contribution < -0.4 is 4.74 Å². The third-order valence-corrected chi connectivity index (χ3v) is 1.67. The van der Waals surface area contributed by atoms with Crippen LogP contribution in [0.25, 0.3) is 0 Å². The van der Waals surface area contributed by atoms with Crippen LogP contribution in [0.4, 0.5) is 8.78 Å². The maximum Gasteiger partial charge on any atom is 0.387 e. The lowest BCUT2D eigenvalue weighted by atomic mass is 10.2. The van der Waals surface area contributed by atoms with Crippen molar-refractivity contribution in [1.29, 1.82) is 0 Å². The molecule has 0 bridgehead atoms. The molecule has 0 amide bonds. The number of halogens is 2. The summed E-state index contributed by atoms with van der Waals surface area (Å²) in [5.41, 5.74) is 0.674. The monoisotopic (exact) mass is 190 g/mol. The van der Waals surface area contributed by atoms with Gasteiger partial charge < -0.3 is 4.74 Å². The van der Waals surface area contributed by atoms with Crippen LogP contribution >= 0.6 is 12.6 Å². The Balaban J connectivity index is 2.90. The van der Waals surface area contributed by atoms with Crippen LogP contribution in [0.5, 0.6) is 5.75 Å². The summed E-state index contributed by atoms with van der Waals surface area (Å²) in [4.78, 5) is 0.608. The van der Waals surface area contributed by atoms with Gasteiger partial charge in [0.15, 0.2) is 0 Å². The van der Waals surface area contributed by atoms with E-state index in [0.29, 0.717) is 10.5 Å². The van der Waals surface area contributed by atoms with Gasteiger partial charge in [0.25, 0.3) is 0 Å². The predicted molar refractivity (Wildman–Crippen MR) is 45.1 cm³/mol. The Morgan fingerprint density at radius 2 is 2.08 bits per heavy atom. The van der Waals surface area contributed by atoms with E-state index in [9.17, 15) is 8.78 Å². The van der Waals surface area contributed by atoms with E-state index < -0.39 is 6.61 Å². The molecule has 0 saturated heterocycles. The van der Waals surface area contributed by atoms with Gasteiger partial charge in [-0.15, -0.1) is 12.6 Å². The zero-order valence-corrected chi connectivity index (χ0v) is 7.32. The number of hydrogen-bond acceptors (Lipinski definition) is 2. The fraction of sp³-hybridized carbons (Fsp3) is 0.250. The van der Waals surface area contributed by atoms with Gasteiger partial charge in [0.1, 0.15) is 5.75 Å². The van der Waals surface area contributed by atoms with Gasteiger partial charge in [-0.1, -0.05) is 6.07 Å². The van der Waals surface area contributed by atoms with Gasteiger partial charge in [-0.2, -0.15) is 8.78 Å². The zero-order chi connectivity index (χ0) is 9.14. The molecule has 0 saturated carbocycles. The second-order valence-electron chi connectivity index (χ2n) is 2.33. The number of benzene rings is 1. The number of ether oxygens (including phenoxy) is 1. The fourth-order valence-corrected chi connectivity index (χ4v) is 1.00. The highest BCUT2D eigenvalue weighted by Crippen LogP contribution is 2.22. The highest BCUT2D eigenvalue weighted by molar-refractivity contribution is 7.80. The normalized spacial score (nSPS) is 10.4. The minimum atomic E-state index is -2.78. The molecule has 0 aliphatic rings. The van der Waals surface area contributed by atoms with E-state index in [1.165, 1.54) is 6.07 Å². The molecule has 0 heterocycles. The molecule has 0 radical (unpaired) electrons. The van der Waals surface area contributed by atoms with Crippen LogP contribution in [0.2, 0.25) is 0 Å². The van der Waals surface area contributed by atoms with Crippen LogP contribution in [0.3, 0.4) is 0 Å². The van der Waals surface area contributed by atoms with Crippen molar-refractivity contribution in [3.05, 3.63) is 23.8 Å². The molecule has 1 aromatic rings. The Hall–Kier alpha value is -0.770. The molecule has 1 aromatic carbocycles. The molecular formula is C8H8F2OS. The Morgan fingerprint density at radius 1 is 1.42 bits per heavy atom. The standard InChI is InChI=1S/C8H8F2OS/c1-5-2-3-6(12)4-7(5)11-8(9)10/h2-4,8,12H,1H3. The van der Waals surface area contributed by atoms with Crippen molar-refractivity contribution in [3.63, 3.8) is 0 Å². The number of thiol groups is 1. The largest absolute Gasteiger partial charge is 0.435 e. The van der Waals surface area contributed by atoms with Crippen molar-refractivity contribution in [2.75, 3.05) is 0 Å². The molecule has 0 unspecified atom stereocenters. The molecule has 4 heteroatoms. The molecule has 0 spiro atoms. The fourth-order valence-electron chi connectivity index (χ4n) is 0.812. The van der Waals surface area contributed by atoms with Crippen molar-refractivity contribution < 1.29 is 13.5 Å². The van der Waals surface area contributed by atoms with Crippen molar-refractivity contribution >= 4 is 12.6 Å². The summed E-state index contributed by atoms with van der Waals surface area (Å²) >= 11 is 4.00. The molecule has 0 N–H and O–H groups in total. The summed E-state index contributed by atoms with van der Waals surface area (Å²) in [6.07, 6.45) is 0. The smallest absolute Gasteiger partial charge is 0.387 e. The number of aryl methyl sites for hydroxylation is 1. The summed E-state index contributed by atoms with van der Waals surface area (Å²) in [5, 5.41) is 0. The molecule has 0 atom stereocenters. The third-order valence-electron chi connectivity index (χ3n) is 1.39. The first-order valence-corrected chi connectivity index (χ1v) is 3.79. The molecule has 0 aliphatic carbocycles. The highest BCUT2D eigenvalue weighted by atomic mass is 32.1. The van der Waals surface area contributed by atoms with Gasteiger partial charge in [-0.05, 0) is 24.6 Å². The van der Waals surface area contributed by atoms with E-state index in [1.807, 2.05) is 0 Å². The zero-order valence-electron chi connectivity index (χ0n) is 6.42. The summed E-state index contributed by atoms with van der Waals surface area (Å²) < 4.78 is 27.8. The van der Waals surface area contributed by atoms with Gasteiger partial charge in [0.2, 0.25) is 0 Å². The molecular weight excluding hydrogens is 182 g/mol. The quantitative estimate of drug-likeness (QED) is 0.705. The Labute approximate surface area is 74.8 Å². The predicted octanol–water partition coefficient (Wildman–Crippen LogP) is 2.89.